The van der Waals surface area contributed by atoms with E-state index < -0.39 is 5.97 Å². The number of hydrogen-bond donors (Lipinski definition) is 0. The number of furan rings is 1. The molecule has 0 atom stereocenters. The van der Waals surface area contributed by atoms with Crippen LogP contribution in [0.3, 0.4) is 0 Å². The number of hydrogen-bond acceptors (Lipinski definition) is 6. The minimum Gasteiger partial charge on any atom is -0.459 e. The molecule has 4 rings (SSSR count). The maximum absolute atomic E-state index is 12.1. The molecule has 30 heavy (non-hydrogen) atoms. The van der Waals surface area contributed by atoms with Crippen LogP contribution in [0.2, 0.25) is 0 Å². The third-order valence-corrected chi connectivity index (χ3v) is 4.40. The third kappa shape index (κ3) is 4.07. The van der Waals surface area contributed by atoms with E-state index in [2.05, 4.69) is 5.16 Å². The Morgan fingerprint density at radius 3 is 2.40 bits per heavy atom. The van der Waals surface area contributed by atoms with Crippen molar-refractivity contribution in [3.05, 3.63) is 89.2 Å². The molecule has 2 heterocycles. The van der Waals surface area contributed by atoms with Crippen LogP contribution in [0.25, 0.3) is 17.4 Å². The number of carbonyl (C=O) groups is 2. The summed E-state index contributed by atoms with van der Waals surface area (Å²) in [7, 11) is 0. The minimum absolute atomic E-state index is 0.176. The number of oxime groups is 1. The average molecular weight is 401 g/mol. The van der Waals surface area contributed by atoms with Crippen molar-refractivity contribution >= 4 is 23.7 Å². The van der Waals surface area contributed by atoms with Crippen LogP contribution in [0.15, 0.2) is 81.9 Å². The monoisotopic (exact) mass is 401 g/mol. The van der Waals surface area contributed by atoms with Gasteiger partial charge in [0.25, 0.3) is 0 Å². The molecule has 0 N–H and O–H groups in total. The molecule has 1 aliphatic rings. The highest BCUT2D eigenvalue weighted by Crippen LogP contribution is 2.26. The van der Waals surface area contributed by atoms with Crippen molar-refractivity contribution in [1.29, 1.82) is 0 Å². The molecule has 0 fully saturated rings. The molecule has 0 unspecified atom stereocenters. The first kappa shape index (κ1) is 19.4. The van der Waals surface area contributed by atoms with Gasteiger partial charge < -0.3 is 14.0 Å². The second-order valence-electron chi connectivity index (χ2n) is 6.98. The lowest BCUT2D eigenvalue weighted by Gasteiger charge is -2.07. The van der Waals surface area contributed by atoms with Crippen LogP contribution < -0.4 is 0 Å². The summed E-state index contributed by atoms with van der Waals surface area (Å²) >= 11 is 0. The van der Waals surface area contributed by atoms with Crippen LogP contribution in [0.4, 0.5) is 0 Å². The molecule has 3 aromatic rings. The number of benzene rings is 2. The van der Waals surface area contributed by atoms with Gasteiger partial charge in [0.15, 0.2) is 0 Å². The molecular formula is C24H19NO5. The molecule has 1 aliphatic heterocycles. The molecule has 0 radical (unpaired) electrons. The molecular weight excluding hydrogens is 382 g/mol. The molecule has 0 bridgehead atoms. The highest BCUT2D eigenvalue weighted by molar-refractivity contribution is 6.31. The largest absolute Gasteiger partial charge is 0.459 e. The van der Waals surface area contributed by atoms with Crippen LogP contribution in [-0.4, -0.2) is 23.8 Å². The van der Waals surface area contributed by atoms with E-state index >= 15 is 0 Å². The number of ether oxygens (including phenoxy) is 1. The van der Waals surface area contributed by atoms with Gasteiger partial charge in [0.2, 0.25) is 0 Å². The summed E-state index contributed by atoms with van der Waals surface area (Å²) in [5, 5.41) is 3.89. The van der Waals surface area contributed by atoms with E-state index in [0.29, 0.717) is 28.4 Å². The van der Waals surface area contributed by atoms with Crippen LogP contribution in [0.1, 0.15) is 35.5 Å². The Kier molecular flexibility index (Phi) is 5.30. The van der Waals surface area contributed by atoms with E-state index in [1.165, 1.54) is 0 Å². The lowest BCUT2D eigenvalue weighted by Crippen LogP contribution is -2.11. The zero-order chi connectivity index (χ0) is 21.1. The van der Waals surface area contributed by atoms with Crippen molar-refractivity contribution < 1.29 is 23.6 Å². The quantitative estimate of drug-likeness (QED) is 0.347. The molecule has 150 valence electrons. The van der Waals surface area contributed by atoms with Gasteiger partial charge in [-0.15, -0.1) is 0 Å². The van der Waals surface area contributed by atoms with E-state index in [0.717, 1.165) is 11.1 Å². The fraction of sp³-hybridized carbons (Fsp3) is 0.125. The first-order chi connectivity index (χ1) is 14.5. The number of rotatable bonds is 5. The Morgan fingerprint density at radius 1 is 0.967 bits per heavy atom. The summed E-state index contributed by atoms with van der Waals surface area (Å²) < 4.78 is 11.1. The van der Waals surface area contributed by atoms with Gasteiger partial charge in [0.1, 0.15) is 17.2 Å². The number of nitrogens with zero attached hydrogens (tertiary/aromatic N) is 1. The van der Waals surface area contributed by atoms with Crippen molar-refractivity contribution in [1.82, 2.24) is 0 Å². The van der Waals surface area contributed by atoms with Gasteiger partial charge in [-0.1, -0.05) is 47.6 Å². The first-order valence-corrected chi connectivity index (χ1v) is 9.49. The summed E-state index contributed by atoms with van der Waals surface area (Å²) in [6.45, 7) is 3.61. The molecule has 2 aromatic carbocycles. The van der Waals surface area contributed by atoms with E-state index in [4.69, 9.17) is 14.0 Å². The highest BCUT2D eigenvalue weighted by Gasteiger charge is 2.27. The van der Waals surface area contributed by atoms with E-state index in [1.54, 1.807) is 56.3 Å². The van der Waals surface area contributed by atoms with Gasteiger partial charge >= 0.3 is 11.9 Å². The summed E-state index contributed by atoms with van der Waals surface area (Å²) in [5.41, 5.74) is 2.84. The maximum atomic E-state index is 12.1. The average Bonchev–Trinajstić information content (AvgIpc) is 3.36. The highest BCUT2D eigenvalue weighted by atomic mass is 16.7. The van der Waals surface area contributed by atoms with Gasteiger partial charge in [0, 0.05) is 11.1 Å². The summed E-state index contributed by atoms with van der Waals surface area (Å²) in [5.74, 6) is 0.203. The van der Waals surface area contributed by atoms with Crippen molar-refractivity contribution in [3.8, 4) is 11.3 Å². The molecule has 0 spiro atoms. The number of esters is 1. The first-order valence-electron chi connectivity index (χ1n) is 9.49. The van der Waals surface area contributed by atoms with E-state index in [1.807, 2.05) is 30.3 Å². The van der Waals surface area contributed by atoms with Gasteiger partial charge in [-0.3, -0.25) is 0 Å². The standard InChI is InChI=1S/C24H19NO5/c1-15(2)28-23(26)18-10-8-16(9-11-18)21-13-12-19(29-21)14-20-22(25-30-24(20)27)17-6-4-3-5-7-17/h3-15H,1-2H3. The SMILES string of the molecule is CC(C)OC(=O)c1ccc(-c2ccc(C=C3C(=O)ON=C3c3ccccc3)o2)cc1. The van der Waals surface area contributed by atoms with Gasteiger partial charge in [-0.2, -0.15) is 0 Å². The molecule has 1 aromatic heterocycles. The molecule has 6 heteroatoms. The normalized spacial score (nSPS) is 14.7. The Morgan fingerprint density at radius 2 is 1.70 bits per heavy atom. The summed E-state index contributed by atoms with van der Waals surface area (Å²) in [6, 6.07) is 19.8. The molecule has 0 amide bonds. The van der Waals surface area contributed by atoms with Gasteiger partial charge in [-0.05, 0) is 44.2 Å². The smallest absolute Gasteiger partial charge is 0.368 e. The van der Waals surface area contributed by atoms with Crippen LogP contribution in [0.5, 0.6) is 0 Å². The maximum Gasteiger partial charge on any atom is 0.368 e. The fourth-order valence-electron chi connectivity index (χ4n) is 2.99. The zero-order valence-electron chi connectivity index (χ0n) is 16.5. The van der Waals surface area contributed by atoms with Crippen LogP contribution in [0, 0.1) is 0 Å². The van der Waals surface area contributed by atoms with Crippen molar-refractivity contribution in [2.45, 2.75) is 20.0 Å². The summed E-state index contributed by atoms with van der Waals surface area (Å²) in [4.78, 5) is 29.0. The van der Waals surface area contributed by atoms with E-state index in [-0.39, 0.29) is 12.1 Å². The van der Waals surface area contributed by atoms with Crippen molar-refractivity contribution in [3.63, 3.8) is 0 Å². The van der Waals surface area contributed by atoms with E-state index in [9.17, 15) is 9.59 Å². The van der Waals surface area contributed by atoms with Crippen LogP contribution in [-0.2, 0) is 14.4 Å². The Hall–Kier alpha value is -3.93. The van der Waals surface area contributed by atoms with Gasteiger partial charge in [0.05, 0.1) is 17.2 Å². The molecule has 0 saturated heterocycles. The molecule has 0 aliphatic carbocycles. The Labute approximate surface area is 173 Å². The van der Waals surface area contributed by atoms with Crippen LogP contribution >= 0.6 is 0 Å². The second kappa shape index (κ2) is 8.21. The zero-order valence-corrected chi connectivity index (χ0v) is 16.5. The lowest BCUT2D eigenvalue weighted by atomic mass is 10.0. The topological polar surface area (TPSA) is 78.1 Å². The van der Waals surface area contributed by atoms with Crippen molar-refractivity contribution in [2.24, 2.45) is 5.16 Å². The van der Waals surface area contributed by atoms with Crippen molar-refractivity contribution in [2.75, 3.05) is 0 Å². The lowest BCUT2D eigenvalue weighted by molar-refractivity contribution is -0.136. The Bertz CT molecular complexity index is 1140. The third-order valence-electron chi connectivity index (χ3n) is 4.40. The van der Waals surface area contributed by atoms with Gasteiger partial charge in [-0.25, -0.2) is 9.59 Å². The predicted octanol–water partition coefficient (Wildman–Crippen LogP) is 4.86. The second-order valence-corrected chi connectivity index (χ2v) is 6.98. The molecule has 0 saturated carbocycles. The predicted molar refractivity (Wildman–Crippen MR) is 112 cm³/mol. The number of carbonyl (C=O) groups excluding carboxylic acids is 2. The molecule has 6 nitrogen and oxygen atoms in total. The fourth-order valence-corrected chi connectivity index (χ4v) is 2.99. The summed E-state index contributed by atoms with van der Waals surface area (Å²) in [6.07, 6.45) is 1.43. The Balaban J connectivity index is 1.56. The minimum atomic E-state index is -0.528.